The number of hydrogen-bond acceptors (Lipinski definition) is 4. The molecule has 2 rings (SSSR count). The van der Waals surface area contributed by atoms with E-state index in [1.165, 1.54) is 0 Å². The van der Waals surface area contributed by atoms with Crippen LogP contribution in [0, 0.1) is 0 Å². The Morgan fingerprint density at radius 1 is 1.19 bits per heavy atom. The molecule has 1 atom stereocenters. The number of nitrogens with zero attached hydrogens (tertiary/aromatic N) is 2. The molecule has 0 aliphatic rings. The molecule has 0 aliphatic heterocycles. The lowest BCUT2D eigenvalue weighted by Crippen LogP contribution is -2.19. The zero-order chi connectivity index (χ0) is 15.2. The minimum atomic E-state index is 0.160. The second-order valence-corrected chi connectivity index (χ2v) is 4.84. The van der Waals surface area contributed by atoms with Crippen molar-refractivity contribution >= 4 is 0 Å². The molecule has 114 valence electrons. The van der Waals surface area contributed by atoms with Gasteiger partial charge in [0.2, 0.25) is 0 Å². The van der Waals surface area contributed by atoms with Crippen LogP contribution >= 0.6 is 0 Å². The first kappa shape index (κ1) is 15.4. The molecular formula is C16H23N3O2. The number of ether oxygens (including phenoxy) is 2. The Kier molecular flexibility index (Phi) is 5.22. The van der Waals surface area contributed by atoms with Crippen LogP contribution in [0.4, 0.5) is 0 Å². The molecule has 1 N–H and O–H groups in total. The van der Waals surface area contributed by atoms with E-state index < -0.39 is 0 Å². The zero-order valence-electron chi connectivity index (χ0n) is 13.1. The predicted octanol–water partition coefficient (Wildman–Crippen LogP) is 2.77. The highest BCUT2D eigenvalue weighted by Gasteiger charge is 2.13. The smallest absolute Gasteiger partial charge is 0.127 e. The molecule has 21 heavy (non-hydrogen) atoms. The van der Waals surface area contributed by atoms with Crippen LogP contribution in [0.1, 0.15) is 31.1 Å². The number of rotatable bonds is 7. The van der Waals surface area contributed by atoms with Gasteiger partial charge in [-0.25, -0.2) is 0 Å². The normalized spacial score (nSPS) is 12.2. The fraction of sp³-hybridized carbons (Fsp3) is 0.438. The van der Waals surface area contributed by atoms with Crippen LogP contribution in [-0.2, 0) is 13.1 Å². The molecule has 0 spiro atoms. The molecule has 1 unspecified atom stereocenters. The summed E-state index contributed by atoms with van der Waals surface area (Å²) in [6.07, 6.45) is 2.00. The van der Waals surface area contributed by atoms with E-state index >= 15 is 0 Å². The summed E-state index contributed by atoms with van der Waals surface area (Å²) in [5.74, 6) is 1.65. The van der Waals surface area contributed by atoms with Crippen molar-refractivity contribution < 1.29 is 9.47 Å². The van der Waals surface area contributed by atoms with Crippen LogP contribution in [0.25, 0.3) is 0 Å². The van der Waals surface area contributed by atoms with Gasteiger partial charge in [0.15, 0.2) is 0 Å². The summed E-state index contributed by atoms with van der Waals surface area (Å²) in [5.41, 5.74) is 2.05. The van der Waals surface area contributed by atoms with Crippen molar-refractivity contribution in [3.8, 4) is 11.5 Å². The van der Waals surface area contributed by atoms with Crippen LogP contribution in [0.15, 0.2) is 30.5 Å². The third-order valence-electron chi connectivity index (χ3n) is 3.54. The Hall–Kier alpha value is -2.01. The van der Waals surface area contributed by atoms with Crippen LogP contribution < -0.4 is 14.8 Å². The lowest BCUT2D eigenvalue weighted by molar-refractivity contribution is 0.379. The zero-order valence-corrected chi connectivity index (χ0v) is 13.1. The second kappa shape index (κ2) is 7.13. The van der Waals surface area contributed by atoms with Crippen molar-refractivity contribution in [2.75, 3.05) is 14.2 Å². The first-order valence-electron chi connectivity index (χ1n) is 7.16. The van der Waals surface area contributed by atoms with Gasteiger partial charge in [-0.3, -0.25) is 4.68 Å². The predicted molar refractivity (Wildman–Crippen MR) is 82.7 cm³/mol. The molecule has 0 aliphatic carbocycles. The highest BCUT2D eigenvalue weighted by atomic mass is 16.5. The molecule has 5 nitrogen and oxygen atoms in total. The molecule has 5 heteroatoms. The molecular weight excluding hydrogens is 266 g/mol. The van der Waals surface area contributed by atoms with Crippen LogP contribution in [0.2, 0.25) is 0 Å². The number of aryl methyl sites for hydroxylation is 1. The Bertz CT molecular complexity index is 558. The van der Waals surface area contributed by atoms with Gasteiger partial charge >= 0.3 is 0 Å². The maximum atomic E-state index is 5.41. The van der Waals surface area contributed by atoms with E-state index in [1.54, 1.807) is 14.2 Å². The Balaban J connectivity index is 2.08. The van der Waals surface area contributed by atoms with Gasteiger partial charge in [0.25, 0.3) is 0 Å². The van der Waals surface area contributed by atoms with E-state index in [0.717, 1.165) is 29.3 Å². The average molecular weight is 289 g/mol. The van der Waals surface area contributed by atoms with E-state index in [1.807, 2.05) is 35.1 Å². The minimum Gasteiger partial charge on any atom is -0.496 e. The van der Waals surface area contributed by atoms with Crippen molar-refractivity contribution in [1.82, 2.24) is 15.1 Å². The topological polar surface area (TPSA) is 48.3 Å². The van der Waals surface area contributed by atoms with Crippen LogP contribution in [-0.4, -0.2) is 24.0 Å². The van der Waals surface area contributed by atoms with Gasteiger partial charge < -0.3 is 14.8 Å². The first-order valence-corrected chi connectivity index (χ1v) is 7.16. The maximum Gasteiger partial charge on any atom is 0.127 e. The third-order valence-corrected chi connectivity index (χ3v) is 3.54. The van der Waals surface area contributed by atoms with E-state index in [0.29, 0.717) is 6.54 Å². The molecule has 1 aromatic heterocycles. The van der Waals surface area contributed by atoms with Crippen molar-refractivity contribution in [2.45, 2.75) is 33.0 Å². The van der Waals surface area contributed by atoms with Crippen molar-refractivity contribution in [3.63, 3.8) is 0 Å². The molecule has 1 aromatic carbocycles. The highest BCUT2D eigenvalue weighted by Crippen LogP contribution is 2.28. The fourth-order valence-electron chi connectivity index (χ4n) is 2.25. The standard InChI is InChI=1S/C16H23N3O2/c1-5-19-10-9-14(18-19)12(2)17-11-13-15(20-3)7-6-8-16(13)21-4/h6-10,12,17H,5,11H2,1-4H3. The van der Waals surface area contributed by atoms with Gasteiger partial charge in [0, 0.05) is 30.9 Å². The molecule has 0 saturated heterocycles. The monoisotopic (exact) mass is 289 g/mol. The number of benzene rings is 1. The maximum absolute atomic E-state index is 5.41. The lowest BCUT2D eigenvalue weighted by Gasteiger charge is -2.16. The summed E-state index contributed by atoms with van der Waals surface area (Å²) in [5, 5.41) is 7.98. The summed E-state index contributed by atoms with van der Waals surface area (Å²) in [7, 11) is 3.34. The highest BCUT2D eigenvalue weighted by molar-refractivity contribution is 5.44. The SMILES string of the molecule is CCn1ccc(C(C)NCc2c(OC)cccc2OC)n1. The molecule has 0 amide bonds. The molecule has 0 radical (unpaired) electrons. The molecule has 0 fully saturated rings. The Labute approximate surface area is 125 Å². The van der Waals surface area contributed by atoms with E-state index in [4.69, 9.17) is 9.47 Å². The van der Waals surface area contributed by atoms with Crippen LogP contribution in [0.5, 0.6) is 11.5 Å². The number of aromatic nitrogens is 2. The molecule has 1 heterocycles. The van der Waals surface area contributed by atoms with Crippen molar-refractivity contribution in [2.24, 2.45) is 0 Å². The largest absolute Gasteiger partial charge is 0.496 e. The second-order valence-electron chi connectivity index (χ2n) is 4.84. The summed E-state index contributed by atoms with van der Waals surface area (Å²) in [4.78, 5) is 0. The van der Waals surface area contributed by atoms with Gasteiger partial charge in [-0.05, 0) is 32.0 Å². The lowest BCUT2D eigenvalue weighted by atomic mass is 10.1. The van der Waals surface area contributed by atoms with Gasteiger partial charge in [0.1, 0.15) is 11.5 Å². The summed E-state index contributed by atoms with van der Waals surface area (Å²) in [6.45, 7) is 5.72. The minimum absolute atomic E-state index is 0.160. The van der Waals surface area contributed by atoms with Gasteiger partial charge in [0.05, 0.1) is 19.9 Å². The van der Waals surface area contributed by atoms with E-state index in [9.17, 15) is 0 Å². The summed E-state index contributed by atoms with van der Waals surface area (Å²) >= 11 is 0. The Morgan fingerprint density at radius 3 is 2.38 bits per heavy atom. The number of methoxy groups -OCH3 is 2. The quantitative estimate of drug-likeness (QED) is 0.851. The molecule has 0 saturated carbocycles. The van der Waals surface area contributed by atoms with E-state index in [-0.39, 0.29) is 6.04 Å². The molecule has 0 bridgehead atoms. The third kappa shape index (κ3) is 3.55. The summed E-state index contributed by atoms with van der Waals surface area (Å²) in [6, 6.07) is 8.01. The Morgan fingerprint density at radius 2 is 1.86 bits per heavy atom. The first-order chi connectivity index (χ1) is 10.2. The fourth-order valence-corrected chi connectivity index (χ4v) is 2.25. The van der Waals surface area contributed by atoms with Crippen molar-refractivity contribution in [3.05, 3.63) is 41.7 Å². The average Bonchev–Trinajstić information content (AvgIpc) is 3.01. The number of nitrogens with one attached hydrogen (secondary N) is 1. The van der Waals surface area contributed by atoms with Crippen molar-refractivity contribution in [1.29, 1.82) is 0 Å². The van der Waals surface area contributed by atoms with E-state index in [2.05, 4.69) is 24.3 Å². The number of hydrogen-bond donors (Lipinski definition) is 1. The van der Waals surface area contributed by atoms with Crippen LogP contribution in [0.3, 0.4) is 0 Å². The van der Waals surface area contributed by atoms with Gasteiger partial charge in [-0.15, -0.1) is 0 Å². The van der Waals surface area contributed by atoms with Gasteiger partial charge in [-0.2, -0.15) is 5.10 Å². The molecule has 2 aromatic rings. The summed E-state index contributed by atoms with van der Waals surface area (Å²) < 4.78 is 12.7. The van der Waals surface area contributed by atoms with Gasteiger partial charge in [-0.1, -0.05) is 6.07 Å².